The molecule has 0 unspecified atom stereocenters. The van der Waals surface area contributed by atoms with Gasteiger partial charge in [-0.3, -0.25) is 0 Å². The van der Waals surface area contributed by atoms with Gasteiger partial charge in [-0.2, -0.15) is 0 Å². The Morgan fingerprint density at radius 3 is 2.15 bits per heavy atom. The van der Waals surface area contributed by atoms with E-state index in [9.17, 15) is 19.5 Å². The number of rotatable bonds is 6. The molecule has 0 saturated carbocycles. The lowest BCUT2D eigenvalue weighted by Crippen LogP contribution is -2.54. The molecule has 4 N–H and O–H groups in total. The molecule has 0 heterocycles. The van der Waals surface area contributed by atoms with Crippen LogP contribution < -0.4 is 5.32 Å². The minimum absolute atomic E-state index is 0.0642. The van der Waals surface area contributed by atoms with Gasteiger partial charge in [0.05, 0.1) is 6.54 Å². The zero-order valence-electron chi connectivity index (χ0n) is 10.3. The topological polar surface area (TPSA) is 133 Å². The summed E-state index contributed by atoms with van der Waals surface area (Å²) < 4.78 is 4.74. The Hall–Kier alpha value is -2.61. The minimum atomic E-state index is -3.09. The summed E-state index contributed by atoms with van der Waals surface area (Å²) in [6, 6.07) is 8.67. The quantitative estimate of drug-likeness (QED) is 0.532. The molecule has 1 aromatic rings. The summed E-state index contributed by atoms with van der Waals surface area (Å²) in [5.41, 5.74) is -2.39. The first kappa shape index (κ1) is 15.4. The van der Waals surface area contributed by atoms with Gasteiger partial charge in [-0.15, -0.1) is 0 Å². The smallest absolute Gasteiger partial charge is 0.407 e. The molecule has 0 aromatic heterocycles. The van der Waals surface area contributed by atoms with E-state index < -0.39 is 30.2 Å². The number of benzene rings is 1. The molecule has 1 aromatic carbocycles. The van der Waals surface area contributed by atoms with Gasteiger partial charge in [0.15, 0.2) is 0 Å². The molecule has 0 spiro atoms. The van der Waals surface area contributed by atoms with Crippen LogP contribution in [0.2, 0.25) is 0 Å². The Morgan fingerprint density at radius 2 is 1.65 bits per heavy atom. The maximum atomic E-state index is 11.3. The summed E-state index contributed by atoms with van der Waals surface area (Å²) in [6.07, 6.45) is -1.03. The van der Waals surface area contributed by atoms with Crippen LogP contribution in [0, 0.1) is 0 Å². The molecule has 0 aliphatic rings. The van der Waals surface area contributed by atoms with E-state index in [2.05, 4.69) is 0 Å². The first-order valence-corrected chi connectivity index (χ1v) is 5.50. The van der Waals surface area contributed by atoms with Gasteiger partial charge in [0.25, 0.3) is 5.60 Å². The summed E-state index contributed by atoms with van der Waals surface area (Å²) in [5, 5.41) is 28.4. The molecular formula is C12H13NO7. The Balaban J connectivity index is 2.47. The molecule has 1 rings (SSSR count). The number of aliphatic carboxylic acids is 2. The SMILES string of the molecule is O=C(NCC(O)(C(=O)O)C(=O)O)OCc1ccccc1. The number of ether oxygens (including phenoxy) is 1. The standard InChI is InChI=1S/C12H13NO7/c14-9(15)12(19,10(16)17)7-13-11(18)20-6-8-4-2-1-3-5-8/h1-5,19H,6-7H2,(H,13,18)(H,14,15)(H,16,17). The lowest BCUT2D eigenvalue weighted by atomic mass is 10.1. The highest BCUT2D eigenvalue weighted by Gasteiger charge is 2.45. The second-order valence-electron chi connectivity index (χ2n) is 3.89. The van der Waals surface area contributed by atoms with E-state index in [1.54, 1.807) is 30.3 Å². The number of amides is 1. The highest BCUT2D eigenvalue weighted by molar-refractivity contribution is 6.02. The normalized spacial score (nSPS) is 10.7. The first-order valence-electron chi connectivity index (χ1n) is 5.50. The monoisotopic (exact) mass is 283 g/mol. The van der Waals surface area contributed by atoms with Crippen LogP contribution in [0.25, 0.3) is 0 Å². The fourth-order valence-corrected chi connectivity index (χ4v) is 1.22. The predicted molar refractivity (Wildman–Crippen MR) is 64.9 cm³/mol. The molecule has 0 atom stereocenters. The largest absolute Gasteiger partial charge is 0.479 e. The van der Waals surface area contributed by atoms with Crippen LogP contribution >= 0.6 is 0 Å². The van der Waals surface area contributed by atoms with Gasteiger partial charge in [0.2, 0.25) is 0 Å². The van der Waals surface area contributed by atoms with Crippen molar-refractivity contribution < 1.29 is 34.4 Å². The van der Waals surface area contributed by atoms with Crippen molar-refractivity contribution in [3.8, 4) is 0 Å². The fraction of sp³-hybridized carbons (Fsp3) is 0.250. The third kappa shape index (κ3) is 3.95. The molecule has 0 radical (unpaired) electrons. The molecule has 0 fully saturated rings. The Labute approximate surface area is 113 Å². The van der Waals surface area contributed by atoms with Crippen molar-refractivity contribution in [2.75, 3.05) is 6.54 Å². The molecule has 0 saturated heterocycles. The number of hydrogen-bond donors (Lipinski definition) is 4. The third-order valence-corrected chi connectivity index (χ3v) is 2.41. The number of carbonyl (C=O) groups excluding carboxylic acids is 1. The van der Waals surface area contributed by atoms with Gasteiger partial charge in [-0.1, -0.05) is 30.3 Å². The second kappa shape index (κ2) is 6.53. The highest BCUT2D eigenvalue weighted by Crippen LogP contribution is 2.05. The Morgan fingerprint density at radius 1 is 1.10 bits per heavy atom. The van der Waals surface area contributed by atoms with Gasteiger partial charge in [0, 0.05) is 0 Å². The summed E-state index contributed by atoms with van der Waals surface area (Å²) in [5.74, 6) is -3.96. The van der Waals surface area contributed by atoms with Gasteiger partial charge in [-0.25, -0.2) is 14.4 Å². The number of carboxylic acid groups (broad SMARTS) is 2. The number of carboxylic acids is 2. The first-order chi connectivity index (χ1) is 9.36. The van der Waals surface area contributed by atoms with E-state index in [1.165, 1.54) is 0 Å². The third-order valence-electron chi connectivity index (χ3n) is 2.41. The zero-order chi connectivity index (χ0) is 15.2. The van der Waals surface area contributed by atoms with Gasteiger partial charge >= 0.3 is 18.0 Å². The highest BCUT2D eigenvalue weighted by atomic mass is 16.5. The molecule has 0 aliphatic heterocycles. The van der Waals surface area contributed by atoms with Crippen molar-refractivity contribution in [1.82, 2.24) is 5.32 Å². The van der Waals surface area contributed by atoms with Crippen LogP contribution in [0.15, 0.2) is 30.3 Å². The van der Waals surface area contributed by atoms with Crippen molar-refractivity contribution in [3.63, 3.8) is 0 Å². The Kier molecular flexibility index (Phi) is 5.04. The van der Waals surface area contributed by atoms with Crippen molar-refractivity contribution in [2.45, 2.75) is 12.2 Å². The fourth-order valence-electron chi connectivity index (χ4n) is 1.22. The zero-order valence-corrected chi connectivity index (χ0v) is 10.3. The van der Waals surface area contributed by atoms with Gasteiger partial charge in [-0.05, 0) is 5.56 Å². The van der Waals surface area contributed by atoms with Crippen molar-refractivity contribution >= 4 is 18.0 Å². The van der Waals surface area contributed by atoms with Crippen LogP contribution in [0.4, 0.5) is 4.79 Å². The van der Waals surface area contributed by atoms with Crippen LogP contribution in [0.5, 0.6) is 0 Å². The number of nitrogens with one attached hydrogen (secondary N) is 1. The Bertz CT molecular complexity index is 486. The number of carbonyl (C=O) groups is 3. The summed E-state index contributed by atoms with van der Waals surface area (Å²) in [4.78, 5) is 32.5. The van der Waals surface area contributed by atoms with Crippen molar-refractivity contribution in [3.05, 3.63) is 35.9 Å². The predicted octanol–water partition coefficient (Wildman–Crippen LogP) is -0.187. The molecule has 108 valence electrons. The maximum Gasteiger partial charge on any atom is 0.407 e. The molecule has 0 aliphatic carbocycles. The van der Waals surface area contributed by atoms with Crippen molar-refractivity contribution in [1.29, 1.82) is 0 Å². The lowest BCUT2D eigenvalue weighted by molar-refractivity contribution is -0.174. The molecular weight excluding hydrogens is 270 g/mol. The van der Waals surface area contributed by atoms with E-state index in [4.69, 9.17) is 14.9 Å². The molecule has 20 heavy (non-hydrogen) atoms. The average Bonchev–Trinajstić information content (AvgIpc) is 2.43. The van der Waals surface area contributed by atoms with E-state index in [0.717, 1.165) is 0 Å². The van der Waals surface area contributed by atoms with Crippen LogP contribution in [0.3, 0.4) is 0 Å². The van der Waals surface area contributed by atoms with E-state index in [-0.39, 0.29) is 6.61 Å². The molecule has 8 nitrogen and oxygen atoms in total. The lowest BCUT2D eigenvalue weighted by Gasteiger charge is -2.18. The van der Waals surface area contributed by atoms with Crippen LogP contribution in [-0.2, 0) is 20.9 Å². The van der Waals surface area contributed by atoms with E-state index in [1.807, 2.05) is 5.32 Å². The summed E-state index contributed by atoms with van der Waals surface area (Å²) >= 11 is 0. The number of hydrogen-bond acceptors (Lipinski definition) is 5. The van der Waals surface area contributed by atoms with E-state index >= 15 is 0 Å². The maximum absolute atomic E-state index is 11.3. The summed E-state index contributed by atoms with van der Waals surface area (Å²) in [6.45, 7) is -1.07. The molecule has 0 bridgehead atoms. The average molecular weight is 283 g/mol. The van der Waals surface area contributed by atoms with Crippen molar-refractivity contribution in [2.24, 2.45) is 0 Å². The van der Waals surface area contributed by atoms with E-state index in [0.29, 0.717) is 5.56 Å². The van der Waals surface area contributed by atoms with Crippen LogP contribution in [-0.4, -0.2) is 45.5 Å². The number of alkyl carbamates (subject to hydrolysis) is 1. The second-order valence-corrected chi connectivity index (χ2v) is 3.89. The molecule has 8 heteroatoms. The van der Waals surface area contributed by atoms with Gasteiger partial charge in [0.1, 0.15) is 6.61 Å². The minimum Gasteiger partial charge on any atom is -0.479 e. The van der Waals surface area contributed by atoms with Crippen LogP contribution in [0.1, 0.15) is 5.56 Å². The van der Waals surface area contributed by atoms with Gasteiger partial charge < -0.3 is 25.4 Å². The number of aliphatic hydroxyl groups is 1. The molecule has 1 amide bonds. The summed E-state index contributed by atoms with van der Waals surface area (Å²) in [7, 11) is 0.